The Hall–Kier alpha value is -1.16. The van der Waals surface area contributed by atoms with Crippen LogP contribution in [0.2, 0.25) is 0 Å². The second-order valence-electron chi connectivity index (χ2n) is 3.90. The minimum absolute atomic E-state index is 0.176. The smallest absolute Gasteiger partial charge is 0.0628 e. The molecule has 1 aromatic rings. The van der Waals surface area contributed by atoms with Crippen LogP contribution in [-0.2, 0) is 6.54 Å². The Balaban J connectivity index is 1.84. The summed E-state index contributed by atoms with van der Waals surface area (Å²) >= 11 is 1.75. The fourth-order valence-electron chi connectivity index (χ4n) is 1.81. The van der Waals surface area contributed by atoms with Crippen LogP contribution in [0.1, 0.15) is 5.56 Å². The number of nitrogens with zero attached hydrogens (tertiary/aromatic N) is 4. The van der Waals surface area contributed by atoms with Crippen LogP contribution in [-0.4, -0.2) is 30.3 Å². The van der Waals surface area contributed by atoms with Gasteiger partial charge in [0.25, 0.3) is 0 Å². The predicted molar refractivity (Wildman–Crippen MR) is 66.4 cm³/mol. The summed E-state index contributed by atoms with van der Waals surface area (Å²) in [5.41, 5.74) is 9.59. The molecule has 0 radical (unpaired) electrons. The van der Waals surface area contributed by atoms with Crippen molar-refractivity contribution < 1.29 is 0 Å². The largest absolute Gasteiger partial charge is 0.298 e. The minimum atomic E-state index is 0.176. The maximum atomic E-state index is 8.27. The summed E-state index contributed by atoms with van der Waals surface area (Å²) in [6, 6.07) is 8.78. The van der Waals surface area contributed by atoms with Crippen molar-refractivity contribution in [2.45, 2.75) is 17.5 Å². The lowest BCUT2D eigenvalue weighted by molar-refractivity contribution is 0.142. The quantitative estimate of drug-likeness (QED) is 0.348. The van der Waals surface area contributed by atoms with Gasteiger partial charge in [-0.1, -0.05) is 17.2 Å². The van der Waals surface area contributed by atoms with Crippen LogP contribution in [0.15, 0.2) is 34.3 Å². The predicted octanol–water partition coefficient (Wildman–Crippen LogP) is 2.90. The van der Waals surface area contributed by atoms with Crippen LogP contribution in [0.25, 0.3) is 10.4 Å². The average molecular weight is 234 g/mol. The van der Waals surface area contributed by atoms with Gasteiger partial charge < -0.3 is 0 Å². The highest BCUT2D eigenvalue weighted by Crippen LogP contribution is 2.19. The third-order valence-electron chi connectivity index (χ3n) is 2.72. The molecule has 1 saturated heterocycles. The Morgan fingerprint density at radius 2 is 2.12 bits per heavy atom. The highest BCUT2D eigenvalue weighted by atomic mass is 32.2. The summed E-state index contributed by atoms with van der Waals surface area (Å²) < 4.78 is 0. The first-order valence-electron chi connectivity index (χ1n) is 5.21. The summed E-state index contributed by atoms with van der Waals surface area (Å²) in [5, 5.41) is 3.68. The zero-order valence-electron chi connectivity index (χ0n) is 9.21. The maximum absolute atomic E-state index is 8.27. The van der Waals surface area contributed by atoms with Gasteiger partial charge >= 0.3 is 0 Å². The number of benzene rings is 1. The Bertz CT molecular complexity index is 391. The number of azide groups is 1. The van der Waals surface area contributed by atoms with Crippen molar-refractivity contribution >= 4 is 11.8 Å². The van der Waals surface area contributed by atoms with Gasteiger partial charge in [0.1, 0.15) is 0 Å². The van der Waals surface area contributed by atoms with E-state index < -0.39 is 0 Å². The van der Waals surface area contributed by atoms with Crippen molar-refractivity contribution in [2.24, 2.45) is 5.11 Å². The second-order valence-corrected chi connectivity index (χ2v) is 4.78. The van der Waals surface area contributed by atoms with E-state index in [4.69, 9.17) is 5.53 Å². The average Bonchev–Trinajstić information content (AvgIpc) is 2.27. The van der Waals surface area contributed by atoms with E-state index in [1.165, 1.54) is 10.5 Å². The molecule has 2 rings (SSSR count). The van der Waals surface area contributed by atoms with E-state index in [0.29, 0.717) is 0 Å². The lowest BCUT2D eigenvalue weighted by Crippen LogP contribution is -2.48. The number of hydrogen-bond acceptors (Lipinski definition) is 3. The molecule has 0 bridgehead atoms. The molecular weight excluding hydrogens is 220 g/mol. The van der Waals surface area contributed by atoms with E-state index in [9.17, 15) is 0 Å². The van der Waals surface area contributed by atoms with Crippen LogP contribution in [0.5, 0.6) is 0 Å². The first kappa shape index (κ1) is 11.3. The molecule has 0 amide bonds. The van der Waals surface area contributed by atoms with Crippen LogP contribution in [0, 0.1) is 0 Å². The van der Waals surface area contributed by atoms with Gasteiger partial charge in [0.2, 0.25) is 0 Å². The number of likely N-dealkylation sites (tertiary alicyclic amines) is 1. The van der Waals surface area contributed by atoms with Gasteiger partial charge in [0.05, 0.1) is 6.04 Å². The zero-order valence-corrected chi connectivity index (χ0v) is 10.0. The fourth-order valence-corrected chi connectivity index (χ4v) is 2.22. The van der Waals surface area contributed by atoms with Crippen LogP contribution >= 0.6 is 11.8 Å². The molecule has 1 aliphatic heterocycles. The first-order chi connectivity index (χ1) is 7.81. The molecular formula is C11H14N4S. The van der Waals surface area contributed by atoms with Gasteiger partial charge in [-0.05, 0) is 29.5 Å². The third-order valence-corrected chi connectivity index (χ3v) is 3.46. The number of thioether (sulfide) groups is 1. The molecule has 84 valence electrons. The van der Waals surface area contributed by atoms with E-state index in [2.05, 4.69) is 45.4 Å². The molecule has 1 fully saturated rings. The lowest BCUT2D eigenvalue weighted by atomic mass is 10.1. The van der Waals surface area contributed by atoms with Crippen molar-refractivity contribution in [1.82, 2.24) is 4.90 Å². The monoisotopic (exact) mass is 234 g/mol. The minimum Gasteiger partial charge on any atom is -0.298 e. The summed E-state index contributed by atoms with van der Waals surface area (Å²) in [6.07, 6.45) is 2.08. The molecule has 0 atom stereocenters. The fraction of sp³-hybridized carbons (Fsp3) is 0.455. The highest BCUT2D eigenvalue weighted by Gasteiger charge is 2.24. The zero-order chi connectivity index (χ0) is 11.4. The van der Waals surface area contributed by atoms with E-state index in [0.717, 1.165) is 19.6 Å². The second kappa shape index (κ2) is 5.25. The Labute approximate surface area is 99.3 Å². The van der Waals surface area contributed by atoms with Gasteiger partial charge in [-0.3, -0.25) is 4.90 Å². The Morgan fingerprint density at radius 3 is 2.69 bits per heavy atom. The highest BCUT2D eigenvalue weighted by molar-refractivity contribution is 7.98. The molecule has 0 aliphatic carbocycles. The summed E-state index contributed by atoms with van der Waals surface area (Å²) in [6.45, 7) is 2.72. The van der Waals surface area contributed by atoms with Crippen molar-refractivity contribution in [1.29, 1.82) is 0 Å². The summed E-state index contributed by atoms with van der Waals surface area (Å²) in [7, 11) is 0. The van der Waals surface area contributed by atoms with Gasteiger partial charge in [-0.25, -0.2) is 0 Å². The van der Waals surface area contributed by atoms with Crippen molar-refractivity contribution in [3.63, 3.8) is 0 Å². The molecule has 0 aromatic heterocycles. The van der Waals surface area contributed by atoms with Crippen LogP contribution in [0.4, 0.5) is 0 Å². The maximum Gasteiger partial charge on any atom is 0.0628 e. The summed E-state index contributed by atoms with van der Waals surface area (Å²) in [4.78, 5) is 6.39. The van der Waals surface area contributed by atoms with Gasteiger partial charge in [-0.2, -0.15) is 0 Å². The van der Waals surface area contributed by atoms with E-state index in [-0.39, 0.29) is 6.04 Å². The first-order valence-corrected chi connectivity index (χ1v) is 6.44. The topological polar surface area (TPSA) is 52.0 Å². The molecule has 0 spiro atoms. The Kier molecular flexibility index (Phi) is 3.72. The standard InChI is InChI=1S/C11H14N4S/c1-16-11-4-2-9(3-5-11)6-15-7-10(8-15)13-14-12/h2-5,10H,6-8H2,1H3. The molecule has 1 aromatic carbocycles. The molecule has 1 aliphatic rings. The molecule has 0 saturated carbocycles. The van der Waals surface area contributed by atoms with Crippen molar-refractivity contribution in [3.8, 4) is 0 Å². The van der Waals surface area contributed by atoms with E-state index in [1.807, 2.05) is 0 Å². The van der Waals surface area contributed by atoms with Gasteiger partial charge in [0, 0.05) is 29.4 Å². The van der Waals surface area contributed by atoms with Gasteiger partial charge in [0.15, 0.2) is 0 Å². The van der Waals surface area contributed by atoms with Crippen LogP contribution in [0.3, 0.4) is 0 Å². The number of rotatable bonds is 4. The normalized spacial score (nSPS) is 16.6. The summed E-state index contributed by atoms with van der Waals surface area (Å²) in [5.74, 6) is 0. The SMILES string of the molecule is CSc1ccc(CN2CC(N=[N+]=[N-])C2)cc1. The van der Waals surface area contributed by atoms with E-state index >= 15 is 0 Å². The molecule has 16 heavy (non-hydrogen) atoms. The van der Waals surface area contributed by atoms with E-state index in [1.54, 1.807) is 11.8 Å². The number of hydrogen-bond donors (Lipinski definition) is 0. The molecule has 0 N–H and O–H groups in total. The molecule has 4 nitrogen and oxygen atoms in total. The molecule has 0 unspecified atom stereocenters. The van der Waals surface area contributed by atoms with Crippen molar-refractivity contribution in [3.05, 3.63) is 40.3 Å². The van der Waals surface area contributed by atoms with Gasteiger partial charge in [-0.15, -0.1) is 11.8 Å². The third kappa shape index (κ3) is 2.70. The molecule has 5 heteroatoms. The van der Waals surface area contributed by atoms with Crippen LogP contribution < -0.4 is 0 Å². The lowest BCUT2D eigenvalue weighted by Gasteiger charge is -2.36. The van der Waals surface area contributed by atoms with Crippen molar-refractivity contribution in [2.75, 3.05) is 19.3 Å². The molecule has 1 heterocycles. The Morgan fingerprint density at radius 1 is 1.44 bits per heavy atom.